The monoisotopic (exact) mass is 297 g/mol. The van der Waals surface area contributed by atoms with Crippen molar-refractivity contribution < 1.29 is 4.79 Å². The Balaban J connectivity index is 1.90. The van der Waals surface area contributed by atoms with E-state index in [-0.39, 0.29) is 11.3 Å². The van der Waals surface area contributed by atoms with Crippen molar-refractivity contribution in [2.45, 2.75) is 24.7 Å². The number of nitrogens with two attached hydrogens (primary N) is 1. The van der Waals surface area contributed by atoms with Crippen molar-refractivity contribution in [1.29, 1.82) is 0 Å². The minimum Gasteiger partial charge on any atom is -0.399 e. The Morgan fingerprint density at radius 1 is 1.43 bits per heavy atom. The van der Waals surface area contributed by atoms with Gasteiger partial charge < -0.3 is 11.1 Å². The van der Waals surface area contributed by atoms with E-state index in [1.54, 1.807) is 6.20 Å². The predicted octanol–water partition coefficient (Wildman–Crippen LogP) is 3.16. The molecule has 0 saturated heterocycles. The molecule has 1 fully saturated rings. The number of thiazole rings is 1. The summed E-state index contributed by atoms with van der Waals surface area (Å²) in [5.74, 6) is 0.0996. The highest BCUT2D eigenvalue weighted by Crippen LogP contribution is 2.53. The lowest BCUT2D eigenvalue weighted by Crippen LogP contribution is -2.40. The van der Waals surface area contributed by atoms with Crippen LogP contribution in [0.1, 0.15) is 35.4 Å². The topological polar surface area (TPSA) is 68.0 Å². The first-order valence-corrected chi connectivity index (χ1v) is 7.84. The number of amides is 1. The lowest BCUT2D eigenvalue weighted by Gasteiger charge is -2.36. The molecule has 0 radical (unpaired) electrons. The molecule has 0 bridgehead atoms. The fraction of sp³-hybridized carbons (Fsp3) is 0.250. The number of fused-ring (bicyclic) bond motifs is 2. The SMILES string of the molecule is C=C(c1nccs1)c1cc(N)cc2c1NC(=O)C21CCC1. The number of hydrogen-bond donors (Lipinski definition) is 2. The van der Waals surface area contributed by atoms with E-state index < -0.39 is 0 Å². The van der Waals surface area contributed by atoms with Gasteiger partial charge >= 0.3 is 0 Å². The average molecular weight is 297 g/mol. The summed E-state index contributed by atoms with van der Waals surface area (Å²) in [5.41, 5.74) is 9.98. The zero-order valence-electron chi connectivity index (χ0n) is 11.5. The molecular formula is C16H15N3OS. The summed E-state index contributed by atoms with van der Waals surface area (Å²) in [6, 6.07) is 3.81. The molecule has 1 aromatic heterocycles. The number of hydrogen-bond acceptors (Lipinski definition) is 4. The Hall–Kier alpha value is -2.14. The molecule has 1 aromatic carbocycles. The van der Waals surface area contributed by atoms with Gasteiger partial charge in [0.1, 0.15) is 5.01 Å². The normalized spacial score (nSPS) is 18.2. The third-order valence-electron chi connectivity index (χ3n) is 4.57. The molecule has 4 nitrogen and oxygen atoms in total. The van der Waals surface area contributed by atoms with Crippen LogP contribution in [0.4, 0.5) is 11.4 Å². The molecule has 1 spiro atoms. The van der Waals surface area contributed by atoms with Crippen molar-refractivity contribution in [1.82, 2.24) is 4.98 Å². The number of carbonyl (C=O) groups is 1. The van der Waals surface area contributed by atoms with E-state index in [9.17, 15) is 4.79 Å². The van der Waals surface area contributed by atoms with Crippen LogP contribution in [0.5, 0.6) is 0 Å². The maximum Gasteiger partial charge on any atom is 0.235 e. The second-order valence-electron chi connectivity index (χ2n) is 5.70. The number of carbonyl (C=O) groups excluding carboxylic acids is 1. The molecular weight excluding hydrogens is 282 g/mol. The van der Waals surface area contributed by atoms with Gasteiger partial charge in [0.15, 0.2) is 0 Å². The Morgan fingerprint density at radius 3 is 2.86 bits per heavy atom. The number of nitrogens with zero attached hydrogens (tertiary/aromatic N) is 1. The minimum atomic E-state index is -0.359. The summed E-state index contributed by atoms with van der Waals surface area (Å²) in [7, 11) is 0. The standard InChI is InChI=1S/C16H15N3OS/c1-9(14-18-5-6-21-14)11-7-10(17)8-12-13(11)19-15(20)16(12)3-2-4-16/h5-8H,1-4,17H2,(H,19,20). The number of rotatable bonds is 2. The highest BCUT2D eigenvalue weighted by atomic mass is 32.1. The number of aromatic nitrogens is 1. The van der Waals surface area contributed by atoms with E-state index in [0.29, 0.717) is 5.69 Å². The van der Waals surface area contributed by atoms with Gasteiger partial charge in [0.2, 0.25) is 5.91 Å². The first kappa shape index (κ1) is 12.6. The van der Waals surface area contributed by atoms with Gasteiger partial charge in [-0.3, -0.25) is 4.79 Å². The van der Waals surface area contributed by atoms with Crippen LogP contribution in [-0.4, -0.2) is 10.9 Å². The molecule has 21 heavy (non-hydrogen) atoms. The highest BCUT2D eigenvalue weighted by molar-refractivity contribution is 7.10. The van der Waals surface area contributed by atoms with Crippen molar-refractivity contribution in [3.05, 3.63) is 46.4 Å². The first-order chi connectivity index (χ1) is 10.1. The summed E-state index contributed by atoms with van der Waals surface area (Å²) < 4.78 is 0. The van der Waals surface area contributed by atoms with Gasteiger partial charge in [0, 0.05) is 28.4 Å². The summed E-state index contributed by atoms with van der Waals surface area (Å²) in [5, 5.41) is 5.82. The van der Waals surface area contributed by atoms with Crippen molar-refractivity contribution in [2.24, 2.45) is 0 Å². The molecule has 2 aromatic rings. The predicted molar refractivity (Wildman–Crippen MR) is 85.3 cm³/mol. The Kier molecular flexibility index (Phi) is 2.50. The molecule has 2 aliphatic rings. The van der Waals surface area contributed by atoms with Crippen molar-refractivity contribution >= 4 is 34.2 Å². The lowest BCUT2D eigenvalue weighted by molar-refractivity contribution is -0.123. The molecule has 0 unspecified atom stereocenters. The van der Waals surface area contributed by atoms with Crippen LogP contribution in [0.25, 0.3) is 5.57 Å². The van der Waals surface area contributed by atoms with E-state index in [2.05, 4.69) is 16.9 Å². The third kappa shape index (κ3) is 1.61. The zero-order chi connectivity index (χ0) is 14.6. The molecule has 106 valence electrons. The van der Waals surface area contributed by atoms with Gasteiger partial charge in [-0.2, -0.15) is 0 Å². The summed E-state index contributed by atoms with van der Waals surface area (Å²) in [6.07, 6.45) is 4.64. The molecule has 4 rings (SSSR count). The van der Waals surface area contributed by atoms with Gasteiger partial charge in [0.25, 0.3) is 0 Å². The third-order valence-corrected chi connectivity index (χ3v) is 5.41. The summed E-state index contributed by atoms with van der Waals surface area (Å²) >= 11 is 1.53. The van der Waals surface area contributed by atoms with Crippen LogP contribution in [0.15, 0.2) is 30.3 Å². The molecule has 1 saturated carbocycles. The Bertz CT molecular complexity index is 760. The van der Waals surface area contributed by atoms with Gasteiger partial charge in [-0.15, -0.1) is 11.3 Å². The van der Waals surface area contributed by atoms with Gasteiger partial charge in [0.05, 0.1) is 11.1 Å². The number of nitrogen functional groups attached to an aromatic ring is 1. The zero-order valence-corrected chi connectivity index (χ0v) is 12.3. The lowest BCUT2D eigenvalue weighted by atomic mass is 9.65. The summed E-state index contributed by atoms with van der Waals surface area (Å²) in [6.45, 7) is 4.14. The van der Waals surface area contributed by atoms with E-state index in [4.69, 9.17) is 5.73 Å². The van der Waals surface area contributed by atoms with Gasteiger partial charge in [-0.05, 0) is 30.5 Å². The number of benzene rings is 1. The minimum absolute atomic E-state index is 0.0996. The van der Waals surface area contributed by atoms with Crippen molar-refractivity contribution in [3.63, 3.8) is 0 Å². The summed E-state index contributed by atoms with van der Waals surface area (Å²) in [4.78, 5) is 16.7. The molecule has 1 amide bonds. The van der Waals surface area contributed by atoms with Gasteiger partial charge in [-0.25, -0.2) is 4.98 Å². The Morgan fingerprint density at radius 2 is 2.24 bits per heavy atom. The van der Waals surface area contributed by atoms with Crippen LogP contribution in [-0.2, 0) is 10.2 Å². The molecule has 2 heterocycles. The highest BCUT2D eigenvalue weighted by Gasteiger charge is 2.51. The van der Waals surface area contributed by atoms with Crippen LogP contribution in [0.2, 0.25) is 0 Å². The van der Waals surface area contributed by atoms with E-state index >= 15 is 0 Å². The fourth-order valence-electron chi connectivity index (χ4n) is 3.28. The van der Waals surface area contributed by atoms with Crippen molar-refractivity contribution in [2.75, 3.05) is 11.1 Å². The quantitative estimate of drug-likeness (QED) is 0.837. The van der Waals surface area contributed by atoms with E-state index in [0.717, 1.165) is 46.7 Å². The average Bonchev–Trinajstić information content (AvgIpc) is 3.01. The molecule has 1 aliphatic heterocycles. The van der Waals surface area contributed by atoms with Crippen LogP contribution in [0.3, 0.4) is 0 Å². The number of nitrogens with one attached hydrogen (secondary N) is 1. The molecule has 1 aliphatic carbocycles. The molecule has 0 atom stereocenters. The molecule has 5 heteroatoms. The second-order valence-corrected chi connectivity index (χ2v) is 6.59. The van der Waals surface area contributed by atoms with Crippen molar-refractivity contribution in [3.8, 4) is 0 Å². The van der Waals surface area contributed by atoms with Crippen LogP contribution < -0.4 is 11.1 Å². The largest absolute Gasteiger partial charge is 0.399 e. The number of anilines is 2. The second kappa shape index (κ2) is 4.18. The van der Waals surface area contributed by atoms with Crippen LogP contribution in [0, 0.1) is 0 Å². The smallest absolute Gasteiger partial charge is 0.235 e. The fourth-order valence-corrected chi connectivity index (χ4v) is 3.91. The maximum absolute atomic E-state index is 12.4. The van der Waals surface area contributed by atoms with E-state index in [1.807, 2.05) is 17.5 Å². The first-order valence-electron chi connectivity index (χ1n) is 6.96. The van der Waals surface area contributed by atoms with Gasteiger partial charge in [-0.1, -0.05) is 13.0 Å². The van der Waals surface area contributed by atoms with E-state index in [1.165, 1.54) is 11.3 Å². The Labute approximate surface area is 126 Å². The maximum atomic E-state index is 12.4. The molecule has 3 N–H and O–H groups in total. The van der Waals surface area contributed by atoms with Crippen LogP contribution >= 0.6 is 11.3 Å².